The van der Waals surface area contributed by atoms with Crippen LogP contribution in [0, 0.1) is 6.92 Å². The Kier molecular flexibility index (Phi) is 5.29. The Hall–Kier alpha value is -2.39. The third kappa shape index (κ3) is 4.89. The summed E-state index contributed by atoms with van der Waals surface area (Å²) >= 11 is 0. The smallest absolute Gasteiger partial charge is 0.248 e. The fourth-order valence-corrected chi connectivity index (χ4v) is 1.92. The minimum Gasteiger partial charge on any atom is -0.396 e. The van der Waals surface area contributed by atoms with Gasteiger partial charge in [-0.05, 0) is 42.7 Å². The number of aryl methyl sites for hydroxylation is 1. The first-order chi connectivity index (χ1) is 10.2. The van der Waals surface area contributed by atoms with Gasteiger partial charge >= 0.3 is 0 Å². The Balaban J connectivity index is 1.93. The molecule has 0 fully saturated rings. The molecule has 2 N–H and O–H groups in total. The highest BCUT2D eigenvalue weighted by atomic mass is 16.2. The van der Waals surface area contributed by atoms with Gasteiger partial charge in [0, 0.05) is 18.4 Å². The summed E-state index contributed by atoms with van der Waals surface area (Å²) in [5.74, 6) is -0.162. The van der Waals surface area contributed by atoms with Crippen molar-refractivity contribution in [2.75, 3.05) is 11.9 Å². The Morgan fingerprint density at radius 2 is 1.76 bits per heavy atom. The third-order valence-corrected chi connectivity index (χ3v) is 3.13. The van der Waals surface area contributed by atoms with Crippen LogP contribution in [0.15, 0.2) is 54.6 Å². The molecule has 2 aromatic rings. The van der Waals surface area contributed by atoms with E-state index >= 15 is 0 Å². The molecule has 0 radical (unpaired) electrons. The molecule has 0 bridgehead atoms. The molecule has 3 heteroatoms. The quantitative estimate of drug-likeness (QED) is 0.827. The minimum atomic E-state index is -0.162. The zero-order valence-electron chi connectivity index (χ0n) is 12.0. The molecular formula is C18H19NO2. The van der Waals surface area contributed by atoms with Crippen LogP contribution in [0.25, 0.3) is 6.08 Å². The molecule has 2 aromatic carbocycles. The molecule has 0 atom stereocenters. The SMILES string of the molecule is Cc1ccc(/C=C/C(=O)Nc2ccc(CCO)cc2)cc1. The van der Waals surface area contributed by atoms with Crippen LogP contribution in [0.2, 0.25) is 0 Å². The predicted molar refractivity (Wildman–Crippen MR) is 86.1 cm³/mol. The van der Waals surface area contributed by atoms with Crippen LogP contribution < -0.4 is 5.32 Å². The van der Waals surface area contributed by atoms with E-state index in [4.69, 9.17) is 5.11 Å². The number of carbonyl (C=O) groups is 1. The number of anilines is 1. The first-order valence-corrected chi connectivity index (χ1v) is 6.93. The Morgan fingerprint density at radius 3 is 2.38 bits per heavy atom. The lowest BCUT2D eigenvalue weighted by Crippen LogP contribution is -2.07. The van der Waals surface area contributed by atoms with Crippen molar-refractivity contribution in [2.24, 2.45) is 0 Å². The Bertz CT molecular complexity index is 613. The summed E-state index contributed by atoms with van der Waals surface area (Å²) in [5.41, 5.74) is 3.98. The van der Waals surface area contributed by atoms with Gasteiger partial charge in [-0.1, -0.05) is 42.0 Å². The van der Waals surface area contributed by atoms with Crippen molar-refractivity contribution < 1.29 is 9.90 Å². The Morgan fingerprint density at radius 1 is 1.10 bits per heavy atom. The van der Waals surface area contributed by atoms with Gasteiger partial charge in [-0.15, -0.1) is 0 Å². The summed E-state index contributed by atoms with van der Waals surface area (Å²) in [5, 5.41) is 11.7. The van der Waals surface area contributed by atoms with Crippen LogP contribution in [-0.4, -0.2) is 17.6 Å². The van der Waals surface area contributed by atoms with Gasteiger partial charge in [0.15, 0.2) is 0 Å². The highest BCUT2D eigenvalue weighted by molar-refractivity contribution is 6.01. The van der Waals surface area contributed by atoms with E-state index < -0.39 is 0 Å². The number of aliphatic hydroxyl groups is 1. The van der Waals surface area contributed by atoms with Crippen LogP contribution in [0.1, 0.15) is 16.7 Å². The van der Waals surface area contributed by atoms with Crippen molar-refractivity contribution in [3.05, 3.63) is 71.3 Å². The molecule has 1 amide bonds. The van der Waals surface area contributed by atoms with Crippen LogP contribution in [0.3, 0.4) is 0 Å². The van der Waals surface area contributed by atoms with E-state index in [1.807, 2.05) is 55.5 Å². The fourth-order valence-electron chi connectivity index (χ4n) is 1.92. The largest absolute Gasteiger partial charge is 0.396 e. The zero-order chi connectivity index (χ0) is 15.1. The van der Waals surface area contributed by atoms with E-state index in [1.165, 1.54) is 11.6 Å². The molecular weight excluding hydrogens is 262 g/mol. The summed E-state index contributed by atoms with van der Waals surface area (Å²) in [4.78, 5) is 11.8. The van der Waals surface area contributed by atoms with Crippen molar-refractivity contribution in [1.82, 2.24) is 0 Å². The first kappa shape index (κ1) is 15.0. The van der Waals surface area contributed by atoms with E-state index in [-0.39, 0.29) is 12.5 Å². The van der Waals surface area contributed by atoms with E-state index in [0.29, 0.717) is 6.42 Å². The molecule has 0 heterocycles. The summed E-state index contributed by atoms with van der Waals surface area (Å²) in [6.45, 7) is 2.16. The monoisotopic (exact) mass is 281 g/mol. The summed E-state index contributed by atoms with van der Waals surface area (Å²) in [6.07, 6.45) is 3.93. The van der Waals surface area contributed by atoms with Crippen molar-refractivity contribution >= 4 is 17.7 Å². The van der Waals surface area contributed by atoms with Crippen LogP contribution in [-0.2, 0) is 11.2 Å². The maximum atomic E-state index is 11.8. The second-order valence-electron chi connectivity index (χ2n) is 4.90. The average Bonchev–Trinajstić information content (AvgIpc) is 2.49. The summed E-state index contributed by atoms with van der Waals surface area (Å²) in [6, 6.07) is 15.4. The molecule has 0 aromatic heterocycles. The number of aliphatic hydroxyl groups excluding tert-OH is 1. The standard InChI is InChI=1S/C18H19NO2/c1-14-2-4-15(5-3-14)8-11-18(21)19-17-9-6-16(7-10-17)12-13-20/h2-11,20H,12-13H2,1H3,(H,19,21)/b11-8+. The van der Waals surface area contributed by atoms with Crippen molar-refractivity contribution in [3.8, 4) is 0 Å². The lowest BCUT2D eigenvalue weighted by molar-refractivity contribution is -0.111. The Labute approximate surface area is 124 Å². The second kappa shape index (κ2) is 7.41. The van der Waals surface area contributed by atoms with Gasteiger partial charge in [0.25, 0.3) is 0 Å². The van der Waals surface area contributed by atoms with E-state index in [0.717, 1.165) is 16.8 Å². The molecule has 0 saturated carbocycles. The number of hydrogen-bond acceptors (Lipinski definition) is 2. The van der Waals surface area contributed by atoms with Gasteiger partial charge in [0.2, 0.25) is 5.91 Å². The van der Waals surface area contributed by atoms with Gasteiger partial charge in [-0.2, -0.15) is 0 Å². The molecule has 0 aliphatic rings. The zero-order valence-corrected chi connectivity index (χ0v) is 12.0. The topological polar surface area (TPSA) is 49.3 Å². The maximum Gasteiger partial charge on any atom is 0.248 e. The normalized spacial score (nSPS) is 10.8. The third-order valence-electron chi connectivity index (χ3n) is 3.13. The molecule has 0 unspecified atom stereocenters. The van der Waals surface area contributed by atoms with Gasteiger partial charge in [-0.3, -0.25) is 4.79 Å². The minimum absolute atomic E-state index is 0.130. The van der Waals surface area contributed by atoms with Crippen LogP contribution in [0.5, 0.6) is 0 Å². The second-order valence-corrected chi connectivity index (χ2v) is 4.90. The number of rotatable bonds is 5. The van der Waals surface area contributed by atoms with Crippen molar-refractivity contribution in [3.63, 3.8) is 0 Å². The van der Waals surface area contributed by atoms with E-state index in [2.05, 4.69) is 5.32 Å². The van der Waals surface area contributed by atoms with Crippen molar-refractivity contribution in [1.29, 1.82) is 0 Å². The van der Waals surface area contributed by atoms with Crippen LogP contribution in [0.4, 0.5) is 5.69 Å². The first-order valence-electron chi connectivity index (χ1n) is 6.93. The molecule has 3 nitrogen and oxygen atoms in total. The highest BCUT2D eigenvalue weighted by Gasteiger charge is 1.98. The fraction of sp³-hybridized carbons (Fsp3) is 0.167. The molecule has 108 valence electrons. The van der Waals surface area contributed by atoms with Gasteiger partial charge < -0.3 is 10.4 Å². The maximum absolute atomic E-state index is 11.8. The number of hydrogen-bond donors (Lipinski definition) is 2. The van der Waals surface area contributed by atoms with Gasteiger partial charge in [-0.25, -0.2) is 0 Å². The van der Waals surface area contributed by atoms with E-state index in [9.17, 15) is 4.79 Å². The number of benzene rings is 2. The lowest BCUT2D eigenvalue weighted by atomic mass is 10.1. The van der Waals surface area contributed by atoms with Crippen molar-refractivity contribution in [2.45, 2.75) is 13.3 Å². The molecule has 21 heavy (non-hydrogen) atoms. The lowest BCUT2D eigenvalue weighted by Gasteiger charge is -2.03. The summed E-state index contributed by atoms with van der Waals surface area (Å²) in [7, 11) is 0. The average molecular weight is 281 g/mol. The number of amides is 1. The highest BCUT2D eigenvalue weighted by Crippen LogP contribution is 2.10. The van der Waals surface area contributed by atoms with Crippen LogP contribution >= 0.6 is 0 Å². The number of nitrogens with one attached hydrogen (secondary N) is 1. The summed E-state index contributed by atoms with van der Waals surface area (Å²) < 4.78 is 0. The number of carbonyl (C=O) groups excluding carboxylic acids is 1. The van der Waals surface area contributed by atoms with Gasteiger partial charge in [0.1, 0.15) is 0 Å². The molecule has 0 saturated heterocycles. The predicted octanol–water partition coefficient (Wildman–Crippen LogP) is 3.18. The molecule has 0 aliphatic heterocycles. The molecule has 2 rings (SSSR count). The van der Waals surface area contributed by atoms with Gasteiger partial charge in [0.05, 0.1) is 0 Å². The van der Waals surface area contributed by atoms with E-state index in [1.54, 1.807) is 6.08 Å². The molecule has 0 aliphatic carbocycles. The molecule has 0 spiro atoms.